The van der Waals surface area contributed by atoms with Gasteiger partial charge in [-0.3, -0.25) is 24.2 Å². The van der Waals surface area contributed by atoms with Crippen molar-refractivity contribution in [2.24, 2.45) is 27.9 Å². The van der Waals surface area contributed by atoms with Gasteiger partial charge in [0.2, 0.25) is 23.6 Å². The molecule has 0 unspecified atom stereocenters. The maximum Gasteiger partial charge on any atom is 0.328 e. The van der Waals surface area contributed by atoms with E-state index in [0.717, 1.165) is 0 Å². The van der Waals surface area contributed by atoms with Crippen molar-refractivity contribution in [1.82, 2.24) is 21.3 Å². The number of carboxylic acid groups (broad SMARTS) is 1. The standard InChI is InChI=1S/C20H39N9O8/c21-6-2-1-4-12(28-16(33)11(22)9-30)17(34)26-8-15(32)27-13(5-3-7-25-20(23)24)18(35)29-14(10-31)19(36)37/h11-14,30-31H,1-10,21-22H2,(H,26,34)(H,27,32)(H,28,33)(H,29,35)(H,36,37)(H4,23,24,25)/t11-,12-,13-,14-/m0/s1. The molecule has 0 bridgehead atoms. The Hall–Kier alpha value is -3.54. The molecule has 0 aliphatic rings. The van der Waals surface area contributed by atoms with Crippen molar-refractivity contribution in [1.29, 1.82) is 0 Å². The van der Waals surface area contributed by atoms with E-state index in [1.165, 1.54) is 0 Å². The van der Waals surface area contributed by atoms with Crippen molar-refractivity contribution in [3.05, 3.63) is 0 Å². The van der Waals surface area contributed by atoms with Crippen LogP contribution in [0.1, 0.15) is 32.1 Å². The van der Waals surface area contributed by atoms with E-state index in [1.54, 1.807) is 0 Å². The fourth-order valence-corrected chi connectivity index (χ4v) is 2.89. The largest absolute Gasteiger partial charge is 0.480 e. The molecule has 37 heavy (non-hydrogen) atoms. The molecule has 4 atom stereocenters. The lowest BCUT2D eigenvalue weighted by Gasteiger charge is -2.22. The Morgan fingerprint density at radius 2 is 1.38 bits per heavy atom. The van der Waals surface area contributed by atoms with Gasteiger partial charge in [-0.15, -0.1) is 0 Å². The lowest BCUT2D eigenvalue weighted by molar-refractivity contribution is -0.143. The second-order valence-corrected chi connectivity index (χ2v) is 8.00. The van der Waals surface area contributed by atoms with Crippen LogP contribution in [0.3, 0.4) is 0 Å². The minimum absolute atomic E-state index is 0.0108. The van der Waals surface area contributed by atoms with Gasteiger partial charge in [-0.25, -0.2) is 4.79 Å². The second-order valence-electron chi connectivity index (χ2n) is 8.00. The summed E-state index contributed by atoms with van der Waals surface area (Å²) in [7, 11) is 0. The number of carbonyl (C=O) groups is 5. The number of aliphatic imine (C=N–C) groups is 1. The number of carboxylic acids is 1. The summed E-state index contributed by atoms with van der Waals surface area (Å²) in [5.41, 5.74) is 21.4. The Labute approximate surface area is 213 Å². The average Bonchev–Trinajstić information content (AvgIpc) is 2.85. The zero-order chi connectivity index (χ0) is 28.4. The third-order valence-electron chi connectivity index (χ3n) is 4.93. The van der Waals surface area contributed by atoms with Crippen LogP contribution in [0.25, 0.3) is 0 Å². The van der Waals surface area contributed by atoms with Gasteiger partial charge in [0.1, 0.15) is 24.2 Å². The minimum atomic E-state index is -1.59. The number of hydrogen-bond acceptors (Lipinski definition) is 10. The molecule has 0 fully saturated rings. The van der Waals surface area contributed by atoms with E-state index in [1.807, 2.05) is 0 Å². The quantitative estimate of drug-likeness (QED) is 0.0420. The van der Waals surface area contributed by atoms with Crippen LogP contribution in [0.4, 0.5) is 0 Å². The minimum Gasteiger partial charge on any atom is -0.480 e. The van der Waals surface area contributed by atoms with Crippen molar-refractivity contribution >= 4 is 35.6 Å². The van der Waals surface area contributed by atoms with E-state index in [9.17, 15) is 24.0 Å². The highest BCUT2D eigenvalue weighted by Gasteiger charge is 2.27. The Bertz CT molecular complexity index is 792. The molecule has 0 aromatic heterocycles. The van der Waals surface area contributed by atoms with Crippen molar-refractivity contribution in [3.8, 4) is 0 Å². The average molecular weight is 534 g/mol. The molecule has 0 rings (SSSR count). The number of unbranched alkanes of at least 4 members (excludes halogenated alkanes) is 1. The van der Waals surface area contributed by atoms with E-state index < -0.39 is 73.5 Å². The third-order valence-corrected chi connectivity index (χ3v) is 4.93. The number of rotatable bonds is 19. The number of aliphatic hydroxyl groups excluding tert-OH is 2. The van der Waals surface area contributed by atoms with Gasteiger partial charge in [0.25, 0.3) is 0 Å². The Morgan fingerprint density at radius 1 is 0.784 bits per heavy atom. The van der Waals surface area contributed by atoms with Crippen LogP contribution in [0.5, 0.6) is 0 Å². The van der Waals surface area contributed by atoms with Gasteiger partial charge in [0, 0.05) is 6.54 Å². The van der Waals surface area contributed by atoms with Crippen molar-refractivity contribution in [2.75, 3.05) is 32.8 Å². The van der Waals surface area contributed by atoms with Crippen molar-refractivity contribution < 1.29 is 39.3 Å². The predicted octanol–water partition coefficient (Wildman–Crippen LogP) is -5.86. The van der Waals surface area contributed by atoms with Gasteiger partial charge in [0.15, 0.2) is 5.96 Å². The highest BCUT2D eigenvalue weighted by molar-refractivity contribution is 5.94. The summed E-state index contributed by atoms with van der Waals surface area (Å²) in [6.07, 6.45) is 1.51. The summed E-state index contributed by atoms with van der Waals surface area (Å²) in [4.78, 5) is 64.4. The molecular formula is C20H39N9O8. The fraction of sp³-hybridized carbons (Fsp3) is 0.700. The zero-order valence-electron chi connectivity index (χ0n) is 20.5. The predicted molar refractivity (Wildman–Crippen MR) is 131 cm³/mol. The number of carbonyl (C=O) groups excluding carboxylic acids is 4. The normalized spacial score (nSPS) is 13.8. The number of hydrogen-bond donors (Lipinski definition) is 11. The van der Waals surface area contributed by atoms with E-state index in [-0.39, 0.29) is 31.8 Å². The Balaban J connectivity index is 5.20. The van der Waals surface area contributed by atoms with Crippen LogP contribution in [0.15, 0.2) is 4.99 Å². The smallest absolute Gasteiger partial charge is 0.328 e. The van der Waals surface area contributed by atoms with Gasteiger partial charge in [0.05, 0.1) is 19.8 Å². The topological polar surface area (TPSA) is 311 Å². The number of amides is 4. The summed E-state index contributed by atoms with van der Waals surface area (Å²) in [6.45, 7) is -1.58. The molecule has 0 radical (unpaired) electrons. The van der Waals surface area contributed by atoms with Crippen LogP contribution in [0.2, 0.25) is 0 Å². The Morgan fingerprint density at radius 3 is 1.92 bits per heavy atom. The third kappa shape index (κ3) is 14.6. The number of aliphatic hydroxyl groups is 2. The molecule has 212 valence electrons. The van der Waals surface area contributed by atoms with Gasteiger partial charge in [-0.1, -0.05) is 0 Å². The van der Waals surface area contributed by atoms with Gasteiger partial charge in [-0.2, -0.15) is 0 Å². The molecule has 15 N–H and O–H groups in total. The van der Waals surface area contributed by atoms with Crippen molar-refractivity contribution in [2.45, 2.75) is 56.3 Å². The molecule has 0 spiro atoms. The van der Waals surface area contributed by atoms with E-state index in [2.05, 4.69) is 26.3 Å². The van der Waals surface area contributed by atoms with Gasteiger partial charge >= 0.3 is 5.97 Å². The number of guanidine groups is 1. The maximum atomic E-state index is 12.6. The lowest BCUT2D eigenvalue weighted by Crippen LogP contribution is -2.55. The van der Waals surface area contributed by atoms with Crippen LogP contribution < -0.4 is 44.2 Å². The number of nitrogens with two attached hydrogens (primary N) is 4. The number of nitrogens with zero attached hydrogens (tertiary/aromatic N) is 1. The second kappa shape index (κ2) is 18.7. The van der Waals surface area contributed by atoms with Crippen molar-refractivity contribution in [3.63, 3.8) is 0 Å². The molecule has 0 aliphatic heterocycles. The molecule has 0 saturated heterocycles. The summed E-state index contributed by atoms with van der Waals surface area (Å²) in [5, 5.41) is 36.4. The first kappa shape index (κ1) is 33.5. The molecular weight excluding hydrogens is 494 g/mol. The molecule has 17 heteroatoms. The highest BCUT2D eigenvalue weighted by Crippen LogP contribution is 2.03. The zero-order valence-corrected chi connectivity index (χ0v) is 20.5. The summed E-state index contributed by atoms with van der Waals surface area (Å²) in [6, 6.07) is -5.11. The monoisotopic (exact) mass is 533 g/mol. The van der Waals surface area contributed by atoms with E-state index in [4.69, 9.17) is 38.3 Å². The van der Waals surface area contributed by atoms with Crippen LogP contribution in [-0.2, 0) is 24.0 Å². The molecule has 0 heterocycles. The molecule has 0 aromatic rings. The van der Waals surface area contributed by atoms with E-state index in [0.29, 0.717) is 19.4 Å². The molecule has 0 aliphatic carbocycles. The fourth-order valence-electron chi connectivity index (χ4n) is 2.89. The van der Waals surface area contributed by atoms with Gasteiger partial charge in [-0.05, 0) is 38.6 Å². The Kier molecular flexibility index (Phi) is 16.9. The first-order valence-corrected chi connectivity index (χ1v) is 11.6. The van der Waals surface area contributed by atoms with Gasteiger partial charge < -0.3 is 59.5 Å². The first-order valence-electron chi connectivity index (χ1n) is 11.6. The first-order chi connectivity index (χ1) is 17.5. The SMILES string of the molecule is NCCCC[C@H](NC(=O)[C@@H](N)CO)C(=O)NCC(=O)N[C@@H](CCCN=C(N)N)C(=O)N[C@@H](CO)C(=O)O. The molecule has 4 amide bonds. The number of nitrogens with one attached hydrogen (secondary N) is 4. The summed E-state index contributed by atoms with van der Waals surface area (Å²) in [5.74, 6) is -4.77. The molecule has 0 saturated carbocycles. The maximum absolute atomic E-state index is 12.6. The highest BCUT2D eigenvalue weighted by atomic mass is 16.4. The summed E-state index contributed by atoms with van der Waals surface area (Å²) < 4.78 is 0. The summed E-state index contributed by atoms with van der Waals surface area (Å²) >= 11 is 0. The van der Waals surface area contributed by atoms with Crippen LogP contribution >= 0.6 is 0 Å². The number of aliphatic carboxylic acids is 1. The lowest BCUT2D eigenvalue weighted by atomic mass is 10.1. The van der Waals surface area contributed by atoms with Crippen LogP contribution in [-0.4, -0.2) is 108 Å². The molecule has 17 nitrogen and oxygen atoms in total. The molecule has 0 aromatic carbocycles. The van der Waals surface area contributed by atoms with E-state index >= 15 is 0 Å². The van der Waals surface area contributed by atoms with Crippen LogP contribution in [0, 0.1) is 0 Å².